The third kappa shape index (κ3) is 3.21. The summed E-state index contributed by atoms with van der Waals surface area (Å²) in [6.07, 6.45) is -1.11. The summed E-state index contributed by atoms with van der Waals surface area (Å²) in [7, 11) is -3.27. The number of nitrogens with one attached hydrogen (secondary N) is 1. The van der Waals surface area contributed by atoms with E-state index in [0.29, 0.717) is 0 Å². The summed E-state index contributed by atoms with van der Waals surface area (Å²) in [5.41, 5.74) is 3.96. The van der Waals surface area contributed by atoms with Gasteiger partial charge in [-0.2, -0.15) is 0 Å². The van der Waals surface area contributed by atoms with Crippen molar-refractivity contribution in [1.29, 1.82) is 4.78 Å². The van der Waals surface area contributed by atoms with Crippen LogP contribution in [0, 0.1) is 14.2 Å². The van der Waals surface area contributed by atoms with Crippen molar-refractivity contribution in [2.24, 2.45) is 10.7 Å². The molecule has 3 N–H and O–H groups in total. The zero-order chi connectivity index (χ0) is 17.6. The largest absolute Gasteiger partial charge is 0.411 e. The summed E-state index contributed by atoms with van der Waals surface area (Å²) in [5.74, 6) is -0.919. The van der Waals surface area contributed by atoms with E-state index in [1.54, 1.807) is 19.1 Å². The van der Waals surface area contributed by atoms with Crippen LogP contribution >= 0.6 is 22.6 Å². The van der Waals surface area contributed by atoms with Crippen LogP contribution in [0.3, 0.4) is 0 Å². The van der Waals surface area contributed by atoms with E-state index in [1.165, 1.54) is 19.9 Å². The fraction of sp³-hybridized carbons (Fsp3) is 0.429. The second-order valence-corrected chi connectivity index (χ2v) is 9.97. The Morgan fingerprint density at radius 3 is 2.65 bits per heavy atom. The Balaban J connectivity index is 2.71. The predicted octanol–water partition coefficient (Wildman–Crippen LogP) is 2.98. The van der Waals surface area contributed by atoms with E-state index < -0.39 is 31.9 Å². The summed E-state index contributed by atoms with van der Waals surface area (Å²) < 4.78 is 39.7. The molecule has 1 heterocycles. The van der Waals surface area contributed by atoms with Gasteiger partial charge in [0.2, 0.25) is 5.90 Å². The third-order valence-corrected chi connectivity index (χ3v) is 7.34. The van der Waals surface area contributed by atoms with Crippen molar-refractivity contribution in [3.63, 3.8) is 0 Å². The van der Waals surface area contributed by atoms with Gasteiger partial charge in [0.25, 0.3) is 0 Å². The third-order valence-electron chi connectivity index (χ3n) is 3.88. The van der Waals surface area contributed by atoms with Crippen LogP contribution in [0.4, 0.5) is 9.18 Å². The van der Waals surface area contributed by atoms with Gasteiger partial charge in [0, 0.05) is 9.13 Å². The maximum Gasteiger partial charge on any atom is 0.411 e. The van der Waals surface area contributed by atoms with Crippen molar-refractivity contribution < 1.29 is 18.1 Å². The number of hydrogen-bond acceptors (Lipinski definition) is 5. The molecule has 2 atom stereocenters. The van der Waals surface area contributed by atoms with Crippen LogP contribution in [0.5, 0.6) is 0 Å². The molecule has 6 nitrogen and oxygen atoms in total. The van der Waals surface area contributed by atoms with E-state index in [0.717, 1.165) is 3.57 Å². The molecule has 1 aromatic carbocycles. The number of carbonyl (C=O) groups is 1. The van der Waals surface area contributed by atoms with Crippen molar-refractivity contribution in [2.75, 3.05) is 5.75 Å². The average molecular weight is 453 g/mol. The Morgan fingerprint density at radius 1 is 1.48 bits per heavy atom. The van der Waals surface area contributed by atoms with Gasteiger partial charge in [0.15, 0.2) is 0 Å². The van der Waals surface area contributed by atoms with Crippen LogP contribution < -0.4 is 5.73 Å². The number of ether oxygens (including phenoxy) is 1. The number of nitrogens with zero attached hydrogens (tertiary/aromatic N) is 1. The summed E-state index contributed by atoms with van der Waals surface area (Å²) in [6.45, 7) is 4.55. The molecular formula is C14H17FIN3O3S. The van der Waals surface area contributed by atoms with Gasteiger partial charge in [-0.3, -0.25) is 4.78 Å². The molecule has 0 aromatic heterocycles. The highest BCUT2D eigenvalue weighted by Crippen LogP contribution is 2.39. The van der Waals surface area contributed by atoms with E-state index in [-0.39, 0.29) is 17.2 Å². The van der Waals surface area contributed by atoms with Crippen molar-refractivity contribution in [3.05, 3.63) is 33.1 Å². The quantitative estimate of drug-likeness (QED) is 0.639. The highest BCUT2D eigenvalue weighted by molar-refractivity contribution is 14.1. The van der Waals surface area contributed by atoms with Crippen molar-refractivity contribution in [2.45, 2.75) is 31.1 Å². The molecule has 126 valence electrons. The standard InChI is InChI=1S/C14H17FIN3O3S/c1-13(2)11(22-12(17)20)19-14(3,7-23(13,18)21)9-6-8(16)4-5-10(9)15/h4-6,18H,7H2,1-3H3,(H2,17,20)/t14-,23+/m0/s1. The molecule has 1 aliphatic heterocycles. The first-order valence-corrected chi connectivity index (χ1v) is 9.49. The van der Waals surface area contributed by atoms with Crippen molar-refractivity contribution >= 4 is 44.3 Å². The molecule has 2 rings (SSSR count). The van der Waals surface area contributed by atoms with Gasteiger partial charge in [0.1, 0.15) is 16.1 Å². The second kappa shape index (κ2) is 5.69. The lowest BCUT2D eigenvalue weighted by Gasteiger charge is -2.39. The number of aliphatic imine (C=N–C) groups is 1. The number of carbonyl (C=O) groups excluding carboxylic acids is 1. The Kier molecular flexibility index (Phi) is 4.48. The minimum atomic E-state index is -3.27. The molecule has 0 bridgehead atoms. The van der Waals surface area contributed by atoms with Gasteiger partial charge in [-0.05, 0) is 61.6 Å². The highest BCUT2D eigenvalue weighted by Gasteiger charge is 2.49. The molecule has 9 heteroatoms. The van der Waals surface area contributed by atoms with Gasteiger partial charge in [-0.25, -0.2) is 18.4 Å². The maximum atomic E-state index is 14.3. The van der Waals surface area contributed by atoms with Crippen LogP contribution in [-0.4, -0.2) is 26.7 Å². The van der Waals surface area contributed by atoms with E-state index in [1.807, 2.05) is 22.6 Å². The molecule has 23 heavy (non-hydrogen) atoms. The summed E-state index contributed by atoms with van der Waals surface area (Å²) >= 11 is 2.03. The molecule has 0 fully saturated rings. The van der Waals surface area contributed by atoms with E-state index in [9.17, 15) is 13.4 Å². The number of halogens is 2. The molecule has 0 radical (unpaired) electrons. The molecule has 1 aromatic rings. The zero-order valence-electron chi connectivity index (χ0n) is 12.9. The minimum Gasteiger partial charge on any atom is -0.394 e. The SMILES string of the molecule is CC1(C)C(OC(N)=O)=N[C@](C)(c2cc(I)ccc2F)C[S@@]1(=N)=O. The summed E-state index contributed by atoms with van der Waals surface area (Å²) in [4.78, 5) is 15.5. The molecule has 0 spiro atoms. The lowest BCUT2D eigenvalue weighted by Crippen LogP contribution is -2.53. The summed E-state index contributed by atoms with van der Waals surface area (Å²) in [6, 6.07) is 4.46. The summed E-state index contributed by atoms with van der Waals surface area (Å²) in [5, 5.41) is 0. The van der Waals surface area contributed by atoms with Gasteiger partial charge in [-0.15, -0.1) is 0 Å². The molecule has 1 aliphatic rings. The highest BCUT2D eigenvalue weighted by atomic mass is 127. The number of amides is 1. The molecule has 1 amide bonds. The number of nitrogens with two attached hydrogens (primary N) is 1. The number of hydrogen-bond donors (Lipinski definition) is 2. The Morgan fingerprint density at radius 2 is 2.09 bits per heavy atom. The van der Waals surface area contributed by atoms with Crippen LogP contribution in [0.15, 0.2) is 23.2 Å². The minimum absolute atomic E-state index is 0.185. The monoisotopic (exact) mass is 453 g/mol. The van der Waals surface area contributed by atoms with Crippen LogP contribution in [-0.2, 0) is 20.0 Å². The predicted molar refractivity (Wildman–Crippen MR) is 94.4 cm³/mol. The van der Waals surface area contributed by atoms with Crippen molar-refractivity contribution in [1.82, 2.24) is 0 Å². The number of benzene rings is 1. The molecule has 0 aliphatic carbocycles. The number of rotatable bonds is 1. The number of primary amides is 1. The smallest absolute Gasteiger partial charge is 0.394 e. The van der Waals surface area contributed by atoms with E-state index >= 15 is 0 Å². The Hall–Kier alpha value is -1.23. The normalized spacial score (nSPS) is 29.7. The fourth-order valence-electron chi connectivity index (χ4n) is 2.40. The first kappa shape index (κ1) is 18.1. The molecule has 0 saturated carbocycles. The molecule has 0 saturated heterocycles. The second-order valence-electron chi connectivity index (χ2n) is 6.07. The lowest BCUT2D eigenvalue weighted by atomic mass is 9.93. The molecular weight excluding hydrogens is 436 g/mol. The first-order valence-electron chi connectivity index (χ1n) is 6.68. The van der Waals surface area contributed by atoms with E-state index in [2.05, 4.69) is 4.99 Å². The topological polar surface area (TPSA) is 106 Å². The maximum absolute atomic E-state index is 14.3. The Labute approximate surface area is 147 Å². The van der Waals surface area contributed by atoms with Gasteiger partial charge in [0.05, 0.1) is 15.5 Å². The zero-order valence-corrected chi connectivity index (χ0v) is 15.8. The lowest BCUT2D eigenvalue weighted by molar-refractivity contribution is 0.204. The average Bonchev–Trinajstić information content (AvgIpc) is 2.38. The fourth-order valence-corrected chi connectivity index (χ4v) is 4.63. The van der Waals surface area contributed by atoms with Crippen LogP contribution in [0.1, 0.15) is 26.3 Å². The Bertz CT molecular complexity index is 807. The first-order chi connectivity index (χ1) is 10.4. The van der Waals surface area contributed by atoms with Crippen LogP contribution in [0.25, 0.3) is 0 Å². The molecule has 0 unspecified atom stereocenters. The van der Waals surface area contributed by atoms with Crippen LogP contribution in [0.2, 0.25) is 0 Å². The van der Waals surface area contributed by atoms with Gasteiger partial charge < -0.3 is 10.5 Å². The van der Waals surface area contributed by atoms with Gasteiger partial charge in [-0.1, -0.05) is 0 Å². The van der Waals surface area contributed by atoms with E-state index in [4.69, 9.17) is 15.3 Å². The van der Waals surface area contributed by atoms with Crippen molar-refractivity contribution in [3.8, 4) is 0 Å². The van der Waals surface area contributed by atoms with Gasteiger partial charge >= 0.3 is 6.09 Å².